The first-order chi connectivity index (χ1) is 15.8. The molecule has 8 heteroatoms. The zero-order valence-electron chi connectivity index (χ0n) is 19.4. The van der Waals surface area contributed by atoms with E-state index >= 15 is 0 Å². The number of piperazine rings is 1. The summed E-state index contributed by atoms with van der Waals surface area (Å²) in [7, 11) is -3.16. The first-order valence-corrected chi connectivity index (χ1v) is 13.5. The monoisotopic (exact) mass is 468 g/mol. The Kier molecular flexibility index (Phi) is 5.91. The third kappa shape index (κ3) is 4.64. The highest BCUT2D eigenvalue weighted by Gasteiger charge is 2.34. The summed E-state index contributed by atoms with van der Waals surface area (Å²) in [5.74, 6) is 1.98. The van der Waals surface area contributed by atoms with Crippen molar-refractivity contribution in [1.82, 2.24) is 14.2 Å². The Hall–Kier alpha value is -2.45. The molecule has 0 radical (unpaired) electrons. The van der Waals surface area contributed by atoms with Crippen LogP contribution in [-0.2, 0) is 16.6 Å². The molecule has 0 spiro atoms. The molecule has 5 rings (SSSR count). The molecule has 0 unspecified atom stereocenters. The number of carbonyl (C=O) groups is 1. The van der Waals surface area contributed by atoms with Crippen LogP contribution in [0, 0.1) is 6.92 Å². The van der Waals surface area contributed by atoms with Crippen molar-refractivity contribution in [2.45, 2.75) is 51.6 Å². The fourth-order valence-electron chi connectivity index (χ4n) is 4.91. The molecule has 3 aliphatic rings. The summed E-state index contributed by atoms with van der Waals surface area (Å²) in [4.78, 5) is 21.9. The van der Waals surface area contributed by atoms with Crippen LogP contribution in [-0.4, -0.2) is 66.5 Å². The third-order valence-electron chi connectivity index (χ3n) is 7.17. The summed E-state index contributed by atoms with van der Waals surface area (Å²) in [6, 6.07) is 9.68. The fourth-order valence-corrected chi connectivity index (χ4v) is 6.78. The molecular weight excluding hydrogens is 436 g/mol. The van der Waals surface area contributed by atoms with Crippen molar-refractivity contribution >= 4 is 21.7 Å². The van der Waals surface area contributed by atoms with Gasteiger partial charge in [-0.3, -0.25) is 4.79 Å². The van der Waals surface area contributed by atoms with Crippen molar-refractivity contribution in [2.24, 2.45) is 0 Å². The minimum Gasteiger partial charge on any atom is -0.353 e. The van der Waals surface area contributed by atoms with Crippen molar-refractivity contribution < 1.29 is 13.2 Å². The first kappa shape index (κ1) is 22.3. The normalized spacial score (nSPS) is 23.2. The molecule has 1 aromatic heterocycles. The van der Waals surface area contributed by atoms with Crippen LogP contribution < -0.4 is 4.90 Å². The molecular formula is C25H32N4O3S. The van der Waals surface area contributed by atoms with E-state index in [0.29, 0.717) is 37.5 Å². The number of carbonyl (C=O) groups excluding carboxylic acids is 1. The molecule has 1 aromatic carbocycles. The molecule has 2 aliphatic heterocycles. The molecule has 1 saturated carbocycles. The van der Waals surface area contributed by atoms with Crippen LogP contribution >= 0.6 is 0 Å². The van der Waals surface area contributed by atoms with Gasteiger partial charge in [0.05, 0.1) is 5.75 Å². The van der Waals surface area contributed by atoms with E-state index in [1.807, 2.05) is 42.3 Å². The third-order valence-corrected chi connectivity index (χ3v) is 9.12. The van der Waals surface area contributed by atoms with Crippen molar-refractivity contribution in [3.8, 4) is 0 Å². The van der Waals surface area contributed by atoms with Crippen LogP contribution in [0.1, 0.15) is 59.2 Å². The second-order valence-electron chi connectivity index (χ2n) is 9.66. The van der Waals surface area contributed by atoms with E-state index in [0.717, 1.165) is 24.5 Å². The number of anilines is 1. The molecule has 1 atom stereocenters. The van der Waals surface area contributed by atoms with Crippen molar-refractivity contribution in [3.63, 3.8) is 0 Å². The van der Waals surface area contributed by atoms with E-state index in [4.69, 9.17) is 4.98 Å². The molecule has 0 bridgehead atoms. The lowest BCUT2D eigenvalue weighted by atomic mass is 10.1. The summed E-state index contributed by atoms with van der Waals surface area (Å²) in [6.45, 7) is 7.30. The van der Waals surface area contributed by atoms with Crippen molar-refractivity contribution in [3.05, 3.63) is 58.8 Å². The van der Waals surface area contributed by atoms with Gasteiger partial charge in [-0.25, -0.2) is 13.4 Å². The number of benzene rings is 1. The van der Waals surface area contributed by atoms with E-state index < -0.39 is 10.0 Å². The van der Waals surface area contributed by atoms with Crippen LogP contribution in [0.3, 0.4) is 0 Å². The Labute approximate surface area is 196 Å². The number of amides is 1. The standard InChI is InChI=1S/C25H32N4O3S/c1-18-15-23(21-7-8-21)16-26-24(18)27-10-12-28(13-11-27)25(30)22-5-3-20(4-6-22)17-29-19(2)9-14-33(29,31)32/h3-6,15-16,19,21H,7-14,17H2,1-2H3/t19-/m1/s1. The van der Waals surface area contributed by atoms with E-state index in [-0.39, 0.29) is 17.7 Å². The van der Waals surface area contributed by atoms with Gasteiger partial charge < -0.3 is 9.80 Å². The summed E-state index contributed by atoms with van der Waals surface area (Å²) < 4.78 is 26.0. The lowest BCUT2D eigenvalue weighted by Crippen LogP contribution is -2.49. The van der Waals surface area contributed by atoms with Gasteiger partial charge >= 0.3 is 0 Å². The van der Waals surface area contributed by atoms with E-state index in [2.05, 4.69) is 17.9 Å². The molecule has 7 nitrogen and oxygen atoms in total. The van der Waals surface area contributed by atoms with E-state index in [9.17, 15) is 13.2 Å². The molecule has 1 amide bonds. The van der Waals surface area contributed by atoms with Gasteiger partial charge in [-0.15, -0.1) is 0 Å². The Bertz CT molecular complexity index is 1140. The number of hydrogen-bond donors (Lipinski definition) is 0. The van der Waals surface area contributed by atoms with Crippen molar-refractivity contribution in [1.29, 1.82) is 0 Å². The van der Waals surface area contributed by atoms with Crippen LogP contribution in [0.4, 0.5) is 5.82 Å². The van der Waals surface area contributed by atoms with Gasteiger partial charge in [-0.2, -0.15) is 4.31 Å². The Morgan fingerprint density at radius 2 is 1.76 bits per heavy atom. The maximum atomic E-state index is 13.0. The molecule has 1 aliphatic carbocycles. The summed E-state index contributed by atoms with van der Waals surface area (Å²) in [6.07, 6.45) is 5.25. The first-order valence-electron chi connectivity index (χ1n) is 11.9. The highest BCUT2D eigenvalue weighted by molar-refractivity contribution is 7.89. The quantitative estimate of drug-likeness (QED) is 0.674. The molecule has 3 fully saturated rings. The van der Waals surface area contributed by atoms with Gasteiger partial charge in [-0.1, -0.05) is 18.2 Å². The van der Waals surface area contributed by atoms with E-state index in [1.165, 1.54) is 24.0 Å². The molecule has 33 heavy (non-hydrogen) atoms. The number of aromatic nitrogens is 1. The van der Waals surface area contributed by atoms with Gasteiger partial charge in [0, 0.05) is 50.5 Å². The van der Waals surface area contributed by atoms with Crippen LogP contribution in [0.15, 0.2) is 36.5 Å². The van der Waals surface area contributed by atoms with Crippen LogP contribution in [0.25, 0.3) is 0 Å². The average Bonchev–Trinajstić information content (AvgIpc) is 3.63. The number of sulfonamides is 1. The molecule has 2 aromatic rings. The minimum absolute atomic E-state index is 0.0237. The molecule has 2 saturated heterocycles. The average molecular weight is 469 g/mol. The lowest BCUT2D eigenvalue weighted by Gasteiger charge is -2.36. The molecule has 176 valence electrons. The minimum atomic E-state index is -3.16. The van der Waals surface area contributed by atoms with Gasteiger partial charge in [0.2, 0.25) is 10.0 Å². The van der Waals surface area contributed by atoms with Gasteiger partial charge in [-0.05, 0) is 67.9 Å². The lowest BCUT2D eigenvalue weighted by molar-refractivity contribution is 0.0746. The SMILES string of the molecule is Cc1cc(C2CC2)cnc1N1CCN(C(=O)c2ccc(CN3[C@H](C)CCS3(=O)=O)cc2)CC1. The van der Waals surface area contributed by atoms with Crippen LogP contribution in [0.5, 0.6) is 0 Å². The predicted molar refractivity (Wildman–Crippen MR) is 129 cm³/mol. The maximum absolute atomic E-state index is 13.0. The highest BCUT2D eigenvalue weighted by Crippen LogP contribution is 2.40. The highest BCUT2D eigenvalue weighted by atomic mass is 32.2. The number of rotatable bonds is 5. The topological polar surface area (TPSA) is 73.8 Å². The number of nitrogens with zero attached hydrogens (tertiary/aromatic N) is 4. The van der Waals surface area contributed by atoms with Crippen molar-refractivity contribution in [2.75, 3.05) is 36.8 Å². The summed E-state index contributed by atoms with van der Waals surface area (Å²) >= 11 is 0. The molecule has 3 heterocycles. The number of hydrogen-bond acceptors (Lipinski definition) is 5. The molecule has 0 N–H and O–H groups in total. The second kappa shape index (κ2) is 8.72. The zero-order valence-corrected chi connectivity index (χ0v) is 20.2. The zero-order chi connectivity index (χ0) is 23.2. The second-order valence-corrected chi connectivity index (χ2v) is 11.7. The summed E-state index contributed by atoms with van der Waals surface area (Å²) in [5.41, 5.74) is 4.12. The van der Waals surface area contributed by atoms with E-state index in [1.54, 1.807) is 4.31 Å². The number of pyridine rings is 1. The van der Waals surface area contributed by atoms with Crippen LogP contribution in [0.2, 0.25) is 0 Å². The largest absolute Gasteiger partial charge is 0.353 e. The Morgan fingerprint density at radius 1 is 1.06 bits per heavy atom. The van der Waals surface area contributed by atoms with Gasteiger partial charge in [0.1, 0.15) is 5.82 Å². The summed E-state index contributed by atoms with van der Waals surface area (Å²) in [5, 5.41) is 0. The van der Waals surface area contributed by atoms with Gasteiger partial charge in [0.15, 0.2) is 0 Å². The fraction of sp³-hybridized carbons (Fsp3) is 0.520. The number of aryl methyl sites for hydroxylation is 1. The Morgan fingerprint density at radius 3 is 2.33 bits per heavy atom. The smallest absolute Gasteiger partial charge is 0.253 e. The predicted octanol–water partition coefficient (Wildman–Crippen LogP) is 3.15. The Balaban J connectivity index is 1.19. The maximum Gasteiger partial charge on any atom is 0.253 e. The van der Waals surface area contributed by atoms with Gasteiger partial charge in [0.25, 0.3) is 5.91 Å².